The van der Waals surface area contributed by atoms with Crippen LogP contribution in [0, 0.1) is 5.92 Å². The van der Waals surface area contributed by atoms with Gasteiger partial charge in [0.25, 0.3) is 0 Å². The third-order valence-corrected chi connectivity index (χ3v) is 4.44. The van der Waals surface area contributed by atoms with Crippen molar-refractivity contribution >= 4 is 5.91 Å². The van der Waals surface area contributed by atoms with Crippen molar-refractivity contribution in [2.24, 2.45) is 5.92 Å². The molecule has 2 unspecified atom stereocenters. The minimum atomic E-state index is 0.203. The van der Waals surface area contributed by atoms with Crippen LogP contribution in [0.2, 0.25) is 0 Å². The van der Waals surface area contributed by atoms with Gasteiger partial charge in [0.2, 0.25) is 5.91 Å². The van der Waals surface area contributed by atoms with E-state index in [1.165, 1.54) is 25.7 Å². The standard InChI is InChI=1S/C14H26N2O2/c1-11-7-8-16(10-13(11)18-2)14(17)9-15-12-5-3-4-6-12/h11-13,15H,3-10H2,1-2H3. The summed E-state index contributed by atoms with van der Waals surface area (Å²) in [7, 11) is 1.74. The Hall–Kier alpha value is -0.610. The summed E-state index contributed by atoms with van der Waals surface area (Å²) in [5.41, 5.74) is 0. The lowest BCUT2D eigenvalue weighted by Gasteiger charge is -2.36. The Kier molecular flexibility index (Phi) is 5.01. The molecule has 0 aromatic rings. The Morgan fingerprint density at radius 1 is 1.33 bits per heavy atom. The number of ether oxygens (including phenoxy) is 1. The Morgan fingerprint density at radius 3 is 2.72 bits per heavy atom. The molecule has 0 radical (unpaired) electrons. The number of rotatable bonds is 4. The van der Waals surface area contributed by atoms with E-state index in [-0.39, 0.29) is 12.0 Å². The molecule has 18 heavy (non-hydrogen) atoms. The van der Waals surface area contributed by atoms with Crippen molar-refractivity contribution < 1.29 is 9.53 Å². The molecule has 1 aliphatic carbocycles. The first kappa shape index (κ1) is 13.8. The van der Waals surface area contributed by atoms with Crippen LogP contribution in [0.4, 0.5) is 0 Å². The highest BCUT2D eigenvalue weighted by Crippen LogP contribution is 2.20. The SMILES string of the molecule is COC1CN(C(=O)CNC2CCCC2)CCC1C. The molecule has 2 rings (SSSR count). The zero-order valence-corrected chi connectivity index (χ0v) is 11.7. The van der Waals surface area contributed by atoms with E-state index in [4.69, 9.17) is 4.74 Å². The molecular weight excluding hydrogens is 228 g/mol. The number of carbonyl (C=O) groups excluding carboxylic acids is 1. The molecular formula is C14H26N2O2. The molecule has 1 saturated carbocycles. The highest BCUT2D eigenvalue weighted by molar-refractivity contribution is 5.78. The van der Waals surface area contributed by atoms with Crippen molar-refractivity contribution in [3.8, 4) is 0 Å². The van der Waals surface area contributed by atoms with Crippen LogP contribution in [0.5, 0.6) is 0 Å². The molecule has 1 heterocycles. The Labute approximate surface area is 110 Å². The first-order chi connectivity index (χ1) is 8.70. The Balaban J connectivity index is 1.74. The molecule has 0 bridgehead atoms. The monoisotopic (exact) mass is 254 g/mol. The second-order valence-electron chi connectivity index (χ2n) is 5.74. The number of piperidine rings is 1. The van der Waals surface area contributed by atoms with Gasteiger partial charge >= 0.3 is 0 Å². The zero-order valence-electron chi connectivity index (χ0n) is 11.7. The van der Waals surface area contributed by atoms with Gasteiger partial charge in [-0.1, -0.05) is 19.8 Å². The number of nitrogens with zero attached hydrogens (tertiary/aromatic N) is 1. The summed E-state index contributed by atoms with van der Waals surface area (Å²) in [5.74, 6) is 0.790. The van der Waals surface area contributed by atoms with Crippen LogP contribution in [0.3, 0.4) is 0 Å². The number of amides is 1. The average molecular weight is 254 g/mol. The summed E-state index contributed by atoms with van der Waals surface area (Å²) >= 11 is 0. The summed E-state index contributed by atoms with van der Waals surface area (Å²) < 4.78 is 5.45. The van der Waals surface area contributed by atoms with Gasteiger partial charge in [-0.15, -0.1) is 0 Å². The lowest BCUT2D eigenvalue weighted by molar-refractivity contribution is -0.135. The third-order valence-electron chi connectivity index (χ3n) is 4.44. The second kappa shape index (κ2) is 6.53. The first-order valence-corrected chi connectivity index (χ1v) is 7.24. The van der Waals surface area contributed by atoms with E-state index < -0.39 is 0 Å². The molecule has 1 saturated heterocycles. The van der Waals surface area contributed by atoms with Crippen LogP contribution in [-0.4, -0.2) is 49.7 Å². The van der Waals surface area contributed by atoms with Gasteiger partial charge in [-0.05, 0) is 25.2 Å². The molecule has 0 aromatic carbocycles. The summed E-state index contributed by atoms with van der Waals surface area (Å²) in [6, 6.07) is 0.566. The smallest absolute Gasteiger partial charge is 0.236 e. The van der Waals surface area contributed by atoms with E-state index in [1.54, 1.807) is 7.11 Å². The van der Waals surface area contributed by atoms with Gasteiger partial charge in [0.15, 0.2) is 0 Å². The largest absolute Gasteiger partial charge is 0.379 e. The highest BCUT2D eigenvalue weighted by Gasteiger charge is 2.28. The van der Waals surface area contributed by atoms with E-state index in [0.29, 0.717) is 18.5 Å². The minimum Gasteiger partial charge on any atom is -0.379 e. The van der Waals surface area contributed by atoms with Gasteiger partial charge in [-0.3, -0.25) is 4.79 Å². The van der Waals surface area contributed by atoms with Crippen LogP contribution in [0.1, 0.15) is 39.0 Å². The van der Waals surface area contributed by atoms with Crippen molar-refractivity contribution in [3.63, 3.8) is 0 Å². The molecule has 1 N–H and O–H groups in total. The van der Waals surface area contributed by atoms with E-state index >= 15 is 0 Å². The molecule has 4 nitrogen and oxygen atoms in total. The normalized spacial score (nSPS) is 29.8. The molecule has 2 fully saturated rings. The van der Waals surface area contributed by atoms with Gasteiger partial charge in [-0.25, -0.2) is 0 Å². The minimum absolute atomic E-state index is 0.203. The Bertz CT molecular complexity index is 277. The molecule has 4 heteroatoms. The predicted molar refractivity (Wildman–Crippen MR) is 71.4 cm³/mol. The van der Waals surface area contributed by atoms with Crippen LogP contribution < -0.4 is 5.32 Å². The summed E-state index contributed by atoms with van der Waals surface area (Å²) in [6.07, 6.45) is 6.32. The molecule has 0 spiro atoms. The number of methoxy groups -OCH3 is 1. The Morgan fingerprint density at radius 2 is 2.06 bits per heavy atom. The first-order valence-electron chi connectivity index (χ1n) is 7.24. The lowest BCUT2D eigenvalue weighted by atomic mass is 9.96. The lowest BCUT2D eigenvalue weighted by Crippen LogP contribution is -2.49. The maximum Gasteiger partial charge on any atom is 0.236 e. The maximum absolute atomic E-state index is 12.1. The number of hydrogen-bond acceptors (Lipinski definition) is 3. The van der Waals surface area contributed by atoms with Gasteiger partial charge in [0.05, 0.1) is 12.6 Å². The van der Waals surface area contributed by atoms with Crippen LogP contribution in [0.15, 0.2) is 0 Å². The third kappa shape index (κ3) is 3.45. The van der Waals surface area contributed by atoms with Gasteiger partial charge in [-0.2, -0.15) is 0 Å². The number of likely N-dealkylation sites (tertiary alicyclic amines) is 1. The fourth-order valence-electron chi connectivity index (χ4n) is 3.04. The molecule has 104 valence electrons. The van der Waals surface area contributed by atoms with Crippen LogP contribution in [0.25, 0.3) is 0 Å². The van der Waals surface area contributed by atoms with Gasteiger partial charge in [0.1, 0.15) is 0 Å². The number of nitrogens with one attached hydrogen (secondary N) is 1. The van der Waals surface area contributed by atoms with E-state index in [1.807, 2.05) is 4.90 Å². The average Bonchev–Trinajstić information content (AvgIpc) is 2.89. The van der Waals surface area contributed by atoms with Gasteiger partial charge in [0, 0.05) is 26.2 Å². The van der Waals surface area contributed by atoms with Crippen LogP contribution in [-0.2, 0) is 9.53 Å². The molecule has 1 amide bonds. The highest BCUT2D eigenvalue weighted by atomic mass is 16.5. The maximum atomic E-state index is 12.1. The molecule has 1 aliphatic heterocycles. The fraction of sp³-hybridized carbons (Fsp3) is 0.929. The quantitative estimate of drug-likeness (QED) is 0.824. The molecule has 2 aliphatic rings. The zero-order chi connectivity index (χ0) is 13.0. The van der Waals surface area contributed by atoms with E-state index in [9.17, 15) is 4.79 Å². The van der Waals surface area contributed by atoms with Crippen molar-refractivity contribution in [1.82, 2.24) is 10.2 Å². The van der Waals surface area contributed by atoms with Crippen LogP contribution >= 0.6 is 0 Å². The summed E-state index contributed by atoms with van der Waals surface area (Å²) in [5, 5.41) is 3.39. The number of hydrogen-bond donors (Lipinski definition) is 1. The van der Waals surface area contributed by atoms with Crippen molar-refractivity contribution in [2.75, 3.05) is 26.7 Å². The molecule has 0 aromatic heterocycles. The van der Waals surface area contributed by atoms with E-state index in [2.05, 4.69) is 12.2 Å². The fourth-order valence-corrected chi connectivity index (χ4v) is 3.04. The van der Waals surface area contributed by atoms with E-state index in [0.717, 1.165) is 19.5 Å². The van der Waals surface area contributed by atoms with Crippen molar-refractivity contribution in [2.45, 2.75) is 51.2 Å². The molecule has 2 atom stereocenters. The number of carbonyl (C=O) groups is 1. The predicted octanol–water partition coefficient (Wildman–Crippen LogP) is 1.40. The topological polar surface area (TPSA) is 41.6 Å². The summed E-state index contributed by atoms with van der Waals surface area (Å²) in [4.78, 5) is 14.1. The van der Waals surface area contributed by atoms with Crippen molar-refractivity contribution in [3.05, 3.63) is 0 Å². The second-order valence-corrected chi connectivity index (χ2v) is 5.74. The van der Waals surface area contributed by atoms with Crippen molar-refractivity contribution in [1.29, 1.82) is 0 Å². The van der Waals surface area contributed by atoms with Gasteiger partial charge < -0.3 is 15.0 Å². The summed E-state index contributed by atoms with van der Waals surface area (Å²) in [6.45, 7) is 4.33.